The van der Waals surface area contributed by atoms with Crippen LogP contribution in [0.1, 0.15) is 37.5 Å². The van der Waals surface area contributed by atoms with Gasteiger partial charge in [-0.15, -0.1) is 0 Å². The van der Waals surface area contributed by atoms with Crippen molar-refractivity contribution in [2.45, 2.75) is 39.3 Å². The van der Waals surface area contributed by atoms with Crippen molar-refractivity contribution in [3.05, 3.63) is 63.6 Å². The van der Waals surface area contributed by atoms with E-state index in [1.165, 1.54) is 11.1 Å². The van der Waals surface area contributed by atoms with Gasteiger partial charge in [-0.05, 0) is 47.8 Å². The first kappa shape index (κ1) is 18.0. The van der Waals surface area contributed by atoms with Crippen molar-refractivity contribution in [3.8, 4) is 5.75 Å². The number of hydrogen-bond donors (Lipinski definition) is 0. The maximum absolute atomic E-state index is 6.17. The van der Waals surface area contributed by atoms with Crippen molar-refractivity contribution in [2.24, 2.45) is 0 Å². The lowest BCUT2D eigenvalue weighted by molar-refractivity contribution is 0.559. The van der Waals surface area contributed by atoms with E-state index in [2.05, 4.69) is 104 Å². The molecule has 0 aliphatic carbocycles. The standard InChI is InChI=1S/C20H25BrOSi/c1-20(2,3)17-11-10-16(19(14-17)22-23(4)5)9-6-15-7-12-18(21)13-8-15/h6-14,23H,1-5H3/b9-6+. The van der Waals surface area contributed by atoms with E-state index in [1.807, 2.05) is 0 Å². The summed E-state index contributed by atoms with van der Waals surface area (Å²) in [5.41, 5.74) is 3.76. The Kier molecular flexibility index (Phi) is 5.87. The molecule has 0 unspecified atom stereocenters. The summed E-state index contributed by atoms with van der Waals surface area (Å²) in [7, 11) is -1.15. The van der Waals surface area contributed by atoms with Crippen LogP contribution in [-0.4, -0.2) is 9.04 Å². The third kappa shape index (κ3) is 5.36. The number of rotatable bonds is 4. The molecule has 2 aromatic carbocycles. The van der Waals surface area contributed by atoms with Gasteiger partial charge in [-0.2, -0.15) is 0 Å². The van der Waals surface area contributed by atoms with Crippen LogP contribution in [0.4, 0.5) is 0 Å². The van der Waals surface area contributed by atoms with Crippen molar-refractivity contribution in [1.29, 1.82) is 0 Å². The molecule has 0 bridgehead atoms. The van der Waals surface area contributed by atoms with Crippen LogP contribution in [0.3, 0.4) is 0 Å². The van der Waals surface area contributed by atoms with E-state index in [-0.39, 0.29) is 5.41 Å². The van der Waals surface area contributed by atoms with Gasteiger partial charge in [-0.3, -0.25) is 0 Å². The van der Waals surface area contributed by atoms with Crippen molar-refractivity contribution in [2.75, 3.05) is 0 Å². The Bertz CT molecular complexity index is 682. The summed E-state index contributed by atoms with van der Waals surface area (Å²) in [5.74, 6) is 1.01. The van der Waals surface area contributed by atoms with Crippen LogP contribution in [-0.2, 0) is 5.41 Å². The van der Waals surface area contributed by atoms with Gasteiger partial charge in [-0.25, -0.2) is 0 Å². The van der Waals surface area contributed by atoms with E-state index in [9.17, 15) is 0 Å². The van der Waals surface area contributed by atoms with Gasteiger partial charge < -0.3 is 4.43 Å². The Morgan fingerprint density at radius 1 is 0.957 bits per heavy atom. The maximum atomic E-state index is 6.17. The first-order chi connectivity index (χ1) is 10.8. The van der Waals surface area contributed by atoms with Crippen molar-refractivity contribution >= 4 is 37.1 Å². The first-order valence-corrected chi connectivity index (χ1v) is 11.6. The zero-order valence-corrected chi connectivity index (χ0v) is 17.3. The minimum atomic E-state index is -1.15. The van der Waals surface area contributed by atoms with Crippen LogP contribution < -0.4 is 4.43 Å². The molecule has 0 amide bonds. The number of benzene rings is 2. The van der Waals surface area contributed by atoms with Crippen LogP contribution in [0.5, 0.6) is 5.75 Å². The molecule has 0 atom stereocenters. The molecule has 0 aliphatic rings. The largest absolute Gasteiger partial charge is 0.547 e. The topological polar surface area (TPSA) is 9.23 Å². The van der Waals surface area contributed by atoms with Gasteiger partial charge in [0.1, 0.15) is 5.75 Å². The lowest BCUT2D eigenvalue weighted by Crippen LogP contribution is -2.15. The summed E-state index contributed by atoms with van der Waals surface area (Å²) < 4.78 is 7.27. The molecular formula is C20H25BrOSi. The molecule has 0 radical (unpaired) electrons. The summed E-state index contributed by atoms with van der Waals surface area (Å²) in [4.78, 5) is 0. The van der Waals surface area contributed by atoms with E-state index in [0.29, 0.717) is 0 Å². The van der Waals surface area contributed by atoms with E-state index >= 15 is 0 Å². The summed E-state index contributed by atoms with van der Waals surface area (Å²) in [6.45, 7) is 11.1. The minimum absolute atomic E-state index is 0.130. The molecule has 0 aromatic heterocycles. The molecule has 1 nitrogen and oxygen atoms in total. The van der Waals surface area contributed by atoms with E-state index < -0.39 is 9.04 Å². The van der Waals surface area contributed by atoms with E-state index in [4.69, 9.17) is 4.43 Å². The minimum Gasteiger partial charge on any atom is -0.547 e. The van der Waals surface area contributed by atoms with Crippen LogP contribution in [0, 0.1) is 0 Å². The molecule has 0 saturated carbocycles. The highest BCUT2D eigenvalue weighted by Gasteiger charge is 2.16. The third-order valence-corrected chi connectivity index (χ3v) is 4.82. The van der Waals surface area contributed by atoms with Crippen LogP contribution in [0.15, 0.2) is 46.9 Å². The third-order valence-electron chi connectivity index (χ3n) is 3.57. The average molecular weight is 389 g/mol. The Balaban J connectivity index is 2.34. The van der Waals surface area contributed by atoms with Crippen molar-refractivity contribution in [3.63, 3.8) is 0 Å². The van der Waals surface area contributed by atoms with E-state index in [0.717, 1.165) is 15.8 Å². The van der Waals surface area contributed by atoms with Crippen LogP contribution >= 0.6 is 15.9 Å². The molecule has 0 heterocycles. The Morgan fingerprint density at radius 3 is 2.17 bits per heavy atom. The molecule has 0 aliphatic heterocycles. The number of halogens is 1. The average Bonchev–Trinajstić information content (AvgIpc) is 2.46. The van der Waals surface area contributed by atoms with Crippen LogP contribution in [0.2, 0.25) is 13.1 Å². The highest BCUT2D eigenvalue weighted by Crippen LogP contribution is 2.30. The van der Waals surface area contributed by atoms with Crippen molar-refractivity contribution in [1.82, 2.24) is 0 Å². The zero-order valence-electron chi connectivity index (χ0n) is 14.6. The van der Waals surface area contributed by atoms with Gasteiger partial charge in [0.05, 0.1) is 0 Å². The van der Waals surface area contributed by atoms with Gasteiger partial charge in [-0.1, -0.05) is 73.1 Å². The SMILES string of the molecule is C[SiH](C)Oc1cc(C(C)(C)C)ccc1/C=C/c1ccc(Br)cc1. The normalized spacial score (nSPS) is 12.1. The fraction of sp³-hybridized carbons (Fsp3) is 0.300. The second kappa shape index (κ2) is 7.50. The monoisotopic (exact) mass is 388 g/mol. The maximum Gasteiger partial charge on any atom is 0.229 e. The van der Waals surface area contributed by atoms with Crippen LogP contribution in [0.25, 0.3) is 12.2 Å². The van der Waals surface area contributed by atoms with Gasteiger partial charge in [0.25, 0.3) is 0 Å². The molecule has 0 saturated heterocycles. The molecule has 2 aromatic rings. The lowest BCUT2D eigenvalue weighted by atomic mass is 9.86. The Hall–Kier alpha value is -1.32. The fourth-order valence-corrected chi connectivity index (χ4v) is 3.23. The van der Waals surface area contributed by atoms with Gasteiger partial charge in [0, 0.05) is 10.0 Å². The zero-order chi connectivity index (χ0) is 17.0. The summed E-state index contributed by atoms with van der Waals surface area (Å²) >= 11 is 3.47. The van der Waals surface area contributed by atoms with Gasteiger partial charge in [0.2, 0.25) is 9.04 Å². The lowest BCUT2D eigenvalue weighted by Gasteiger charge is -2.22. The van der Waals surface area contributed by atoms with Gasteiger partial charge in [0.15, 0.2) is 0 Å². The summed E-state index contributed by atoms with van der Waals surface area (Å²) in [6.07, 6.45) is 4.27. The summed E-state index contributed by atoms with van der Waals surface area (Å²) in [5, 5.41) is 0. The number of hydrogen-bond acceptors (Lipinski definition) is 1. The summed E-state index contributed by atoms with van der Waals surface area (Å²) in [6, 6.07) is 14.9. The highest BCUT2D eigenvalue weighted by molar-refractivity contribution is 9.10. The second-order valence-electron chi connectivity index (χ2n) is 7.05. The molecular weight excluding hydrogens is 364 g/mol. The predicted octanol–water partition coefficient (Wildman–Crippen LogP) is 6.28. The first-order valence-electron chi connectivity index (χ1n) is 8.00. The second-order valence-corrected chi connectivity index (χ2v) is 10.3. The molecule has 0 N–H and O–H groups in total. The van der Waals surface area contributed by atoms with Gasteiger partial charge >= 0.3 is 0 Å². The molecule has 2 rings (SSSR count). The molecule has 0 fully saturated rings. The quantitative estimate of drug-likeness (QED) is 0.442. The molecule has 0 spiro atoms. The molecule has 3 heteroatoms. The smallest absolute Gasteiger partial charge is 0.229 e. The van der Waals surface area contributed by atoms with Crippen molar-refractivity contribution < 1.29 is 4.43 Å². The Labute approximate surface area is 150 Å². The highest BCUT2D eigenvalue weighted by atomic mass is 79.9. The molecule has 122 valence electrons. The van der Waals surface area contributed by atoms with E-state index in [1.54, 1.807) is 0 Å². The predicted molar refractivity (Wildman–Crippen MR) is 108 cm³/mol. The molecule has 23 heavy (non-hydrogen) atoms. The Morgan fingerprint density at radius 2 is 1.61 bits per heavy atom. The fourth-order valence-electron chi connectivity index (χ4n) is 2.25.